The molecule has 1 N–H and O–H groups in total. The first-order valence-electron chi connectivity index (χ1n) is 10.5. The van der Waals surface area contributed by atoms with E-state index >= 15 is 0 Å². The molecule has 1 aromatic heterocycles. The number of hydrazone groups is 1. The van der Waals surface area contributed by atoms with Crippen LogP contribution in [0.1, 0.15) is 35.0 Å². The molecule has 32 heavy (non-hydrogen) atoms. The number of nitrogens with one attached hydrogen (secondary N) is 1. The lowest BCUT2D eigenvalue weighted by molar-refractivity contribution is 0.184. The molecular weight excluding hydrogens is 424 g/mol. The molecule has 0 fully saturated rings. The van der Waals surface area contributed by atoms with Crippen LogP contribution in [0.5, 0.6) is 5.75 Å². The summed E-state index contributed by atoms with van der Waals surface area (Å²) in [6, 6.07) is 19.0. The lowest BCUT2D eigenvalue weighted by Crippen LogP contribution is -2.41. The number of hydrogen-bond donors (Lipinski definition) is 1. The van der Waals surface area contributed by atoms with Gasteiger partial charge in [0.25, 0.3) is 0 Å². The average Bonchev–Trinajstić information content (AvgIpc) is 2.93. The Morgan fingerprint density at radius 1 is 1.19 bits per heavy atom. The Bertz CT molecular complexity index is 1160. The van der Waals surface area contributed by atoms with E-state index in [1.165, 1.54) is 5.01 Å². The van der Waals surface area contributed by atoms with Gasteiger partial charge in [0.1, 0.15) is 12.4 Å². The number of ether oxygens (including phenoxy) is 1. The maximum Gasteiger partial charge on any atom is 0.337 e. The number of aromatic nitrogens is 1. The summed E-state index contributed by atoms with van der Waals surface area (Å²) >= 11 is 6.10. The predicted octanol–water partition coefficient (Wildman–Crippen LogP) is 4.96. The molecule has 0 saturated heterocycles. The Labute approximate surface area is 192 Å². The number of pyridine rings is 1. The van der Waals surface area contributed by atoms with Crippen molar-refractivity contribution in [2.45, 2.75) is 32.9 Å². The molecule has 2 heterocycles. The lowest BCUT2D eigenvalue weighted by atomic mass is 9.94. The summed E-state index contributed by atoms with van der Waals surface area (Å²) in [5.41, 5.74) is 5.42. The number of nitrogens with zero attached hydrogens (tertiary/aromatic N) is 3. The van der Waals surface area contributed by atoms with Crippen LogP contribution in [0.2, 0.25) is 5.02 Å². The highest BCUT2D eigenvalue weighted by Crippen LogP contribution is 2.28. The second-order valence-electron chi connectivity index (χ2n) is 7.79. The van der Waals surface area contributed by atoms with Crippen molar-refractivity contribution in [3.05, 3.63) is 93.8 Å². The van der Waals surface area contributed by atoms with E-state index in [-0.39, 0.29) is 12.1 Å². The number of carbonyl (C=O) groups is 1. The van der Waals surface area contributed by atoms with Gasteiger partial charge < -0.3 is 10.1 Å². The van der Waals surface area contributed by atoms with Crippen LogP contribution in [0.15, 0.2) is 65.8 Å². The Balaban J connectivity index is 1.73. The molecule has 0 radical (unpaired) electrons. The molecule has 3 aromatic rings. The molecule has 1 aliphatic heterocycles. The van der Waals surface area contributed by atoms with Crippen LogP contribution in [0.3, 0.4) is 0 Å². The van der Waals surface area contributed by atoms with Crippen molar-refractivity contribution in [1.82, 2.24) is 15.3 Å². The van der Waals surface area contributed by atoms with E-state index in [1.807, 2.05) is 74.5 Å². The van der Waals surface area contributed by atoms with Gasteiger partial charge in [0.15, 0.2) is 0 Å². The van der Waals surface area contributed by atoms with Gasteiger partial charge in [0.2, 0.25) is 0 Å². The zero-order chi connectivity index (χ0) is 22.7. The average molecular weight is 449 g/mol. The van der Waals surface area contributed by atoms with E-state index in [9.17, 15) is 4.79 Å². The van der Waals surface area contributed by atoms with Crippen molar-refractivity contribution in [2.24, 2.45) is 5.10 Å². The highest BCUT2D eigenvalue weighted by Gasteiger charge is 2.27. The largest absolute Gasteiger partial charge is 0.487 e. The van der Waals surface area contributed by atoms with E-state index in [1.54, 1.807) is 7.05 Å². The maximum absolute atomic E-state index is 12.5. The molecule has 1 atom stereocenters. The maximum atomic E-state index is 12.5. The number of urea groups is 1. The van der Waals surface area contributed by atoms with Gasteiger partial charge in [-0.05, 0) is 62.2 Å². The van der Waals surface area contributed by atoms with Crippen molar-refractivity contribution < 1.29 is 9.53 Å². The van der Waals surface area contributed by atoms with Gasteiger partial charge in [-0.1, -0.05) is 35.9 Å². The highest BCUT2D eigenvalue weighted by atomic mass is 35.5. The molecule has 2 aromatic carbocycles. The molecule has 0 spiro atoms. The number of fused-ring (bicyclic) bond motifs is 1. The summed E-state index contributed by atoms with van der Waals surface area (Å²) in [6.07, 6.45) is 0.670. The molecule has 7 heteroatoms. The summed E-state index contributed by atoms with van der Waals surface area (Å²) in [7, 11) is 1.61. The van der Waals surface area contributed by atoms with Crippen LogP contribution in [-0.2, 0) is 13.0 Å². The monoisotopic (exact) mass is 448 g/mol. The summed E-state index contributed by atoms with van der Waals surface area (Å²) in [5, 5.41) is 9.59. The van der Waals surface area contributed by atoms with Gasteiger partial charge in [-0.2, -0.15) is 5.10 Å². The first kappa shape index (κ1) is 21.8. The Morgan fingerprint density at radius 3 is 2.69 bits per heavy atom. The van der Waals surface area contributed by atoms with Crippen molar-refractivity contribution in [1.29, 1.82) is 0 Å². The van der Waals surface area contributed by atoms with Gasteiger partial charge in [0.05, 0.1) is 17.4 Å². The quantitative estimate of drug-likeness (QED) is 0.613. The first-order chi connectivity index (χ1) is 15.4. The van der Waals surface area contributed by atoms with Crippen molar-refractivity contribution in [3.8, 4) is 5.75 Å². The van der Waals surface area contributed by atoms with Crippen LogP contribution in [-0.4, -0.2) is 34.8 Å². The van der Waals surface area contributed by atoms with E-state index in [0.29, 0.717) is 23.8 Å². The minimum absolute atomic E-state index is 0.109. The third kappa shape index (κ3) is 4.75. The van der Waals surface area contributed by atoms with Crippen molar-refractivity contribution >= 4 is 23.3 Å². The Hall–Kier alpha value is -3.38. The number of carbonyl (C=O) groups excluding carboxylic acids is 1. The number of aryl methyl sites for hydroxylation is 1. The molecule has 0 bridgehead atoms. The molecule has 4 rings (SSSR count). The van der Waals surface area contributed by atoms with Crippen LogP contribution >= 0.6 is 11.6 Å². The van der Waals surface area contributed by atoms with Gasteiger partial charge in [-0.3, -0.25) is 4.98 Å². The number of halogens is 1. The number of benzene rings is 2. The molecule has 164 valence electrons. The fraction of sp³-hybridized carbons (Fsp3) is 0.240. The molecule has 1 unspecified atom stereocenters. The second kappa shape index (κ2) is 9.40. The number of amides is 2. The van der Waals surface area contributed by atoms with Gasteiger partial charge in [-0.25, -0.2) is 9.80 Å². The highest BCUT2D eigenvalue weighted by molar-refractivity contribution is 6.30. The summed E-state index contributed by atoms with van der Waals surface area (Å²) < 4.78 is 6.05. The minimum atomic E-state index is -0.251. The third-order valence-corrected chi connectivity index (χ3v) is 5.60. The molecule has 6 nitrogen and oxygen atoms in total. The van der Waals surface area contributed by atoms with Gasteiger partial charge in [0, 0.05) is 28.9 Å². The first-order valence-corrected chi connectivity index (χ1v) is 10.9. The van der Waals surface area contributed by atoms with Crippen LogP contribution in [0.25, 0.3) is 0 Å². The predicted molar refractivity (Wildman–Crippen MR) is 126 cm³/mol. The number of rotatable bonds is 4. The molecular formula is C25H25ClN4O2. The molecule has 1 aliphatic rings. The molecule has 2 amide bonds. The van der Waals surface area contributed by atoms with E-state index < -0.39 is 0 Å². The Morgan fingerprint density at radius 2 is 1.97 bits per heavy atom. The third-order valence-electron chi connectivity index (χ3n) is 5.35. The minimum Gasteiger partial charge on any atom is -0.487 e. The molecule has 0 saturated carbocycles. The van der Waals surface area contributed by atoms with Gasteiger partial charge in [-0.15, -0.1) is 0 Å². The van der Waals surface area contributed by atoms with Crippen LogP contribution in [0, 0.1) is 6.92 Å². The summed E-state index contributed by atoms with van der Waals surface area (Å²) in [6.45, 7) is 4.32. The normalized spacial score (nSPS) is 15.4. The van der Waals surface area contributed by atoms with Crippen LogP contribution in [0.4, 0.5) is 4.79 Å². The number of hydrogen-bond acceptors (Lipinski definition) is 4. The van der Waals surface area contributed by atoms with Crippen molar-refractivity contribution in [2.75, 3.05) is 7.05 Å². The van der Waals surface area contributed by atoms with Crippen LogP contribution < -0.4 is 10.1 Å². The van der Waals surface area contributed by atoms with E-state index in [0.717, 1.165) is 33.8 Å². The SMILES string of the molecule is CNC(=O)N1N=C(c2ccc(Cl)cc2)c2cc(OCc3cccc(C)n3)ccc2CC1C. The fourth-order valence-corrected chi connectivity index (χ4v) is 3.85. The second-order valence-corrected chi connectivity index (χ2v) is 8.22. The van der Waals surface area contributed by atoms with E-state index in [2.05, 4.69) is 10.3 Å². The van der Waals surface area contributed by atoms with Gasteiger partial charge >= 0.3 is 6.03 Å². The summed E-state index contributed by atoms with van der Waals surface area (Å²) in [4.78, 5) is 17.0. The fourth-order valence-electron chi connectivity index (χ4n) is 3.73. The van der Waals surface area contributed by atoms with E-state index in [4.69, 9.17) is 21.4 Å². The smallest absolute Gasteiger partial charge is 0.337 e. The summed E-state index contributed by atoms with van der Waals surface area (Å²) in [5.74, 6) is 0.717. The van der Waals surface area contributed by atoms with Crippen molar-refractivity contribution in [3.63, 3.8) is 0 Å². The standard InChI is InChI=1S/C25H25ClN4O2/c1-16-5-4-6-21(28-16)15-32-22-12-9-19-13-17(2)30(25(31)27-3)29-24(23(19)14-22)18-7-10-20(26)11-8-18/h4-12,14,17H,13,15H2,1-3H3,(H,27,31). The lowest BCUT2D eigenvalue weighted by Gasteiger charge is -2.22. The molecule has 0 aliphatic carbocycles. The zero-order valence-electron chi connectivity index (χ0n) is 18.3. The topological polar surface area (TPSA) is 66.8 Å². The zero-order valence-corrected chi connectivity index (χ0v) is 19.1. The Kier molecular flexibility index (Phi) is 6.42.